The molecule has 0 aliphatic carbocycles. The number of rotatable bonds is 7. The Hall–Kier alpha value is -0.910. The number of nitrogens with zero attached hydrogens (tertiary/aromatic N) is 3. The van der Waals surface area contributed by atoms with Crippen LogP contribution in [-0.4, -0.2) is 52.6 Å². The molecule has 18 heavy (non-hydrogen) atoms. The molecule has 1 aromatic rings. The van der Waals surface area contributed by atoms with Gasteiger partial charge in [0.25, 0.3) is 0 Å². The summed E-state index contributed by atoms with van der Waals surface area (Å²) in [5, 5.41) is 17.7. The average molecular weight is 254 g/mol. The minimum atomic E-state index is -0.711. The average Bonchev–Trinajstić information content (AvgIpc) is 2.63. The summed E-state index contributed by atoms with van der Waals surface area (Å²) in [5.41, 5.74) is 0.432. The zero-order valence-corrected chi connectivity index (χ0v) is 12.1. The molecule has 1 rings (SSSR count). The minimum Gasteiger partial charge on any atom is -0.388 e. The Kier molecular flexibility index (Phi) is 5.31. The first-order chi connectivity index (χ1) is 8.30. The lowest BCUT2D eigenvalue weighted by Gasteiger charge is -2.27. The maximum atomic E-state index is 10.1. The fourth-order valence-electron chi connectivity index (χ4n) is 1.96. The second kappa shape index (κ2) is 6.31. The van der Waals surface area contributed by atoms with Crippen LogP contribution in [0.15, 0.2) is 12.4 Å². The maximum absolute atomic E-state index is 10.1. The topological polar surface area (TPSA) is 53.3 Å². The van der Waals surface area contributed by atoms with Gasteiger partial charge in [0, 0.05) is 37.4 Å². The van der Waals surface area contributed by atoms with Crippen molar-refractivity contribution in [1.82, 2.24) is 20.0 Å². The standard InChI is InChI=1S/C13H26N4O/c1-11(2)17-8-12(7-15-17)6-14-9-13(3,18)10-16(4)5/h7-8,11,14,18H,6,9-10H2,1-5H3. The van der Waals surface area contributed by atoms with Crippen LogP contribution in [-0.2, 0) is 6.54 Å². The first kappa shape index (κ1) is 15.1. The van der Waals surface area contributed by atoms with Crippen LogP contribution in [0.1, 0.15) is 32.4 Å². The molecular formula is C13H26N4O. The smallest absolute Gasteiger partial charge is 0.0869 e. The molecule has 0 bridgehead atoms. The molecule has 5 nitrogen and oxygen atoms in total. The molecule has 0 aliphatic heterocycles. The Morgan fingerprint density at radius 2 is 2.17 bits per heavy atom. The molecule has 0 saturated carbocycles. The first-order valence-corrected chi connectivity index (χ1v) is 6.41. The van der Waals surface area contributed by atoms with Crippen molar-refractivity contribution in [2.24, 2.45) is 0 Å². The van der Waals surface area contributed by atoms with Gasteiger partial charge in [-0.15, -0.1) is 0 Å². The number of nitrogens with one attached hydrogen (secondary N) is 1. The van der Waals surface area contributed by atoms with Crippen molar-refractivity contribution in [1.29, 1.82) is 0 Å². The lowest BCUT2D eigenvalue weighted by molar-refractivity contribution is 0.0336. The van der Waals surface area contributed by atoms with Gasteiger partial charge in [0.1, 0.15) is 0 Å². The van der Waals surface area contributed by atoms with E-state index in [-0.39, 0.29) is 0 Å². The van der Waals surface area contributed by atoms with Crippen LogP contribution in [0.5, 0.6) is 0 Å². The Balaban J connectivity index is 2.36. The van der Waals surface area contributed by atoms with Gasteiger partial charge < -0.3 is 15.3 Å². The normalized spacial score (nSPS) is 15.3. The fourth-order valence-corrected chi connectivity index (χ4v) is 1.96. The summed E-state index contributed by atoms with van der Waals surface area (Å²) in [6.45, 7) is 8.00. The van der Waals surface area contributed by atoms with Crippen LogP contribution in [0, 0.1) is 0 Å². The summed E-state index contributed by atoms with van der Waals surface area (Å²) in [5.74, 6) is 0. The van der Waals surface area contributed by atoms with Gasteiger partial charge in [-0.1, -0.05) is 0 Å². The van der Waals surface area contributed by atoms with Gasteiger partial charge in [-0.3, -0.25) is 4.68 Å². The van der Waals surface area contributed by atoms with E-state index in [2.05, 4.69) is 24.3 Å². The quantitative estimate of drug-likeness (QED) is 0.758. The molecule has 1 heterocycles. The zero-order valence-electron chi connectivity index (χ0n) is 12.1. The van der Waals surface area contributed by atoms with Crippen LogP contribution in [0.25, 0.3) is 0 Å². The molecule has 2 N–H and O–H groups in total. The second-order valence-electron chi connectivity index (χ2n) is 5.76. The largest absolute Gasteiger partial charge is 0.388 e. The van der Waals surface area contributed by atoms with Gasteiger partial charge in [0.15, 0.2) is 0 Å². The van der Waals surface area contributed by atoms with E-state index in [1.807, 2.05) is 43.0 Å². The van der Waals surface area contributed by atoms with Crippen LogP contribution >= 0.6 is 0 Å². The Morgan fingerprint density at radius 3 is 2.67 bits per heavy atom. The van der Waals surface area contributed by atoms with Gasteiger partial charge in [0.2, 0.25) is 0 Å². The van der Waals surface area contributed by atoms with E-state index in [4.69, 9.17) is 0 Å². The number of likely N-dealkylation sites (N-methyl/N-ethyl adjacent to an activating group) is 1. The summed E-state index contributed by atoms with van der Waals surface area (Å²) < 4.78 is 1.94. The molecule has 1 aromatic heterocycles. The minimum absolute atomic E-state index is 0.385. The van der Waals surface area contributed by atoms with Gasteiger partial charge in [-0.05, 0) is 34.9 Å². The third kappa shape index (κ3) is 5.16. The molecular weight excluding hydrogens is 228 g/mol. The van der Waals surface area contributed by atoms with Crippen LogP contribution in [0.4, 0.5) is 0 Å². The van der Waals surface area contributed by atoms with Crippen molar-refractivity contribution in [3.8, 4) is 0 Å². The van der Waals surface area contributed by atoms with E-state index >= 15 is 0 Å². The van der Waals surface area contributed by atoms with Crippen LogP contribution in [0.2, 0.25) is 0 Å². The third-order valence-corrected chi connectivity index (χ3v) is 2.68. The van der Waals surface area contributed by atoms with E-state index in [0.29, 0.717) is 19.1 Å². The molecule has 0 aromatic carbocycles. The number of aliphatic hydroxyl groups is 1. The van der Waals surface area contributed by atoms with Crippen LogP contribution < -0.4 is 5.32 Å². The lowest BCUT2D eigenvalue weighted by atomic mass is 10.1. The van der Waals surface area contributed by atoms with Crippen molar-refractivity contribution in [3.05, 3.63) is 18.0 Å². The van der Waals surface area contributed by atoms with Gasteiger partial charge >= 0.3 is 0 Å². The van der Waals surface area contributed by atoms with Crippen molar-refractivity contribution >= 4 is 0 Å². The molecule has 104 valence electrons. The highest BCUT2D eigenvalue weighted by atomic mass is 16.3. The number of aromatic nitrogens is 2. The monoisotopic (exact) mass is 254 g/mol. The molecule has 0 saturated heterocycles. The molecule has 0 aliphatic rings. The number of hydrogen-bond acceptors (Lipinski definition) is 4. The third-order valence-electron chi connectivity index (χ3n) is 2.68. The molecule has 0 fully saturated rings. The Morgan fingerprint density at radius 1 is 1.50 bits per heavy atom. The highest BCUT2D eigenvalue weighted by molar-refractivity contribution is 5.04. The van der Waals surface area contributed by atoms with Gasteiger partial charge in [0.05, 0.1) is 11.8 Å². The molecule has 0 amide bonds. The van der Waals surface area contributed by atoms with Crippen molar-refractivity contribution < 1.29 is 5.11 Å². The first-order valence-electron chi connectivity index (χ1n) is 6.41. The molecule has 1 atom stereocenters. The van der Waals surface area contributed by atoms with Crippen molar-refractivity contribution in [2.75, 3.05) is 27.2 Å². The number of hydrogen-bond donors (Lipinski definition) is 2. The van der Waals surface area contributed by atoms with Crippen molar-refractivity contribution in [2.45, 2.75) is 39.0 Å². The van der Waals surface area contributed by atoms with E-state index in [1.54, 1.807) is 0 Å². The highest BCUT2D eigenvalue weighted by Gasteiger charge is 2.20. The summed E-state index contributed by atoms with van der Waals surface area (Å²) in [4.78, 5) is 1.98. The van der Waals surface area contributed by atoms with E-state index in [0.717, 1.165) is 12.1 Å². The van der Waals surface area contributed by atoms with Gasteiger partial charge in [-0.25, -0.2) is 0 Å². The van der Waals surface area contributed by atoms with Gasteiger partial charge in [-0.2, -0.15) is 5.10 Å². The van der Waals surface area contributed by atoms with Crippen molar-refractivity contribution in [3.63, 3.8) is 0 Å². The Bertz CT molecular complexity index is 358. The summed E-state index contributed by atoms with van der Waals surface area (Å²) in [6.07, 6.45) is 3.91. The lowest BCUT2D eigenvalue weighted by Crippen LogP contribution is -2.45. The highest BCUT2D eigenvalue weighted by Crippen LogP contribution is 2.06. The molecule has 0 spiro atoms. The van der Waals surface area contributed by atoms with E-state index in [9.17, 15) is 5.11 Å². The van der Waals surface area contributed by atoms with Crippen LogP contribution in [0.3, 0.4) is 0 Å². The maximum Gasteiger partial charge on any atom is 0.0869 e. The second-order valence-corrected chi connectivity index (χ2v) is 5.76. The zero-order chi connectivity index (χ0) is 13.8. The summed E-state index contributed by atoms with van der Waals surface area (Å²) in [6, 6.07) is 0.385. The fraction of sp³-hybridized carbons (Fsp3) is 0.769. The predicted octanol–water partition coefficient (Wildman–Crippen LogP) is 0.866. The SMILES string of the molecule is CC(C)n1cc(CNCC(C)(O)CN(C)C)cn1. The molecule has 0 radical (unpaired) electrons. The van der Waals surface area contributed by atoms with E-state index in [1.165, 1.54) is 0 Å². The summed E-state index contributed by atoms with van der Waals surface area (Å²) >= 11 is 0. The predicted molar refractivity (Wildman–Crippen MR) is 73.5 cm³/mol. The molecule has 5 heteroatoms. The van der Waals surface area contributed by atoms with E-state index < -0.39 is 5.60 Å². The summed E-state index contributed by atoms with van der Waals surface area (Å²) in [7, 11) is 3.92. The Labute approximate surface area is 110 Å². The molecule has 1 unspecified atom stereocenters.